The molecule has 0 aliphatic rings. The van der Waals surface area contributed by atoms with Gasteiger partial charge in [0.2, 0.25) is 0 Å². The van der Waals surface area contributed by atoms with Crippen LogP contribution in [-0.2, 0) is 0 Å². The van der Waals surface area contributed by atoms with Crippen molar-refractivity contribution >= 4 is 33.2 Å². The predicted octanol–water partition coefficient (Wildman–Crippen LogP) is 1.88. The highest BCUT2D eigenvalue weighted by molar-refractivity contribution is 9.10. The molecule has 4 nitrogen and oxygen atoms in total. The van der Waals surface area contributed by atoms with Crippen molar-refractivity contribution in [2.24, 2.45) is 0 Å². The summed E-state index contributed by atoms with van der Waals surface area (Å²) in [5.74, 6) is 0.184. The second-order valence-corrected chi connectivity index (χ2v) is 3.89. The molecule has 0 saturated carbocycles. The molecule has 0 spiro atoms. The summed E-state index contributed by atoms with van der Waals surface area (Å²) in [6.07, 6.45) is 1.77. The van der Waals surface area contributed by atoms with Crippen LogP contribution >= 0.6 is 15.9 Å². The second kappa shape index (κ2) is 3.09. The lowest BCUT2D eigenvalue weighted by atomic mass is 10.3. The monoisotopic (exact) mass is 253 g/mol. The number of nitrogen functional groups attached to an aromatic ring is 1. The molecule has 0 radical (unpaired) electrons. The number of rotatable bonds is 1. The van der Waals surface area contributed by atoms with Gasteiger partial charge in [-0.3, -0.25) is 9.20 Å². The van der Waals surface area contributed by atoms with E-state index in [2.05, 4.69) is 20.9 Å². The minimum Gasteiger partial charge on any atom is -0.382 e. The molecule has 0 bridgehead atoms. The molecule has 5 heteroatoms. The van der Waals surface area contributed by atoms with Gasteiger partial charge in [-0.25, -0.2) is 4.98 Å². The number of aromatic nitrogens is 2. The summed E-state index contributed by atoms with van der Waals surface area (Å²) in [7, 11) is 0. The molecule has 0 aliphatic heterocycles. The van der Waals surface area contributed by atoms with Crippen molar-refractivity contribution in [3.63, 3.8) is 0 Å². The third-order valence-electron chi connectivity index (χ3n) is 1.94. The summed E-state index contributed by atoms with van der Waals surface area (Å²) in [5.41, 5.74) is 6.74. The number of hydrogen-bond acceptors (Lipinski definition) is 3. The number of ketones is 1. The van der Waals surface area contributed by atoms with Crippen LogP contribution in [0.2, 0.25) is 0 Å². The average Bonchev–Trinajstić information content (AvgIpc) is 2.40. The largest absolute Gasteiger partial charge is 0.382 e. The summed E-state index contributed by atoms with van der Waals surface area (Å²) in [6.45, 7) is 1.47. The Morgan fingerprint density at radius 3 is 2.93 bits per heavy atom. The van der Waals surface area contributed by atoms with Crippen LogP contribution in [0.3, 0.4) is 0 Å². The molecule has 0 fully saturated rings. The third kappa shape index (κ3) is 1.29. The van der Waals surface area contributed by atoms with Gasteiger partial charge in [0.1, 0.15) is 11.3 Å². The molecular weight excluding hydrogens is 246 g/mol. The highest BCUT2D eigenvalue weighted by Crippen LogP contribution is 2.18. The molecule has 0 aromatic carbocycles. The van der Waals surface area contributed by atoms with Gasteiger partial charge in [-0.15, -0.1) is 0 Å². The Bertz CT molecular complexity index is 518. The lowest BCUT2D eigenvalue weighted by molar-refractivity contribution is 0.101. The van der Waals surface area contributed by atoms with Gasteiger partial charge in [0.05, 0.1) is 0 Å². The van der Waals surface area contributed by atoms with Crippen LogP contribution in [0.15, 0.2) is 22.8 Å². The SMILES string of the molecule is CC(=O)c1c(N)nc2ccc(Br)cn12. The van der Waals surface area contributed by atoms with Gasteiger partial charge in [-0.05, 0) is 28.1 Å². The van der Waals surface area contributed by atoms with Crippen LogP contribution < -0.4 is 5.73 Å². The lowest BCUT2D eigenvalue weighted by Crippen LogP contribution is -2.02. The Balaban J connectivity index is 2.86. The summed E-state index contributed by atoms with van der Waals surface area (Å²) >= 11 is 3.32. The fourth-order valence-corrected chi connectivity index (χ4v) is 1.72. The first-order valence-corrected chi connectivity index (χ1v) is 4.83. The Morgan fingerprint density at radius 2 is 2.29 bits per heavy atom. The third-order valence-corrected chi connectivity index (χ3v) is 2.41. The van der Waals surface area contributed by atoms with E-state index in [0.29, 0.717) is 11.3 Å². The fourth-order valence-electron chi connectivity index (χ4n) is 1.39. The van der Waals surface area contributed by atoms with Gasteiger partial charge in [-0.2, -0.15) is 0 Å². The van der Waals surface area contributed by atoms with E-state index in [9.17, 15) is 4.79 Å². The Hall–Kier alpha value is -1.36. The van der Waals surface area contributed by atoms with E-state index in [-0.39, 0.29) is 11.6 Å². The summed E-state index contributed by atoms with van der Waals surface area (Å²) in [6, 6.07) is 3.65. The molecule has 14 heavy (non-hydrogen) atoms. The van der Waals surface area contributed by atoms with Crippen molar-refractivity contribution in [2.45, 2.75) is 6.92 Å². The molecule has 2 aromatic heterocycles. The molecule has 0 amide bonds. The standard InChI is InChI=1S/C9H8BrN3O/c1-5(14)8-9(11)12-7-3-2-6(10)4-13(7)8/h2-4H,11H2,1H3. The zero-order chi connectivity index (χ0) is 10.3. The predicted molar refractivity (Wildman–Crippen MR) is 57.3 cm³/mol. The normalized spacial score (nSPS) is 10.7. The van der Waals surface area contributed by atoms with Crippen molar-refractivity contribution in [1.82, 2.24) is 9.38 Å². The number of fused-ring (bicyclic) bond motifs is 1. The van der Waals surface area contributed by atoms with Crippen LogP contribution in [-0.4, -0.2) is 15.2 Å². The highest BCUT2D eigenvalue weighted by Gasteiger charge is 2.13. The molecular formula is C9H8BrN3O. The van der Waals surface area contributed by atoms with Gasteiger partial charge < -0.3 is 5.73 Å². The van der Waals surface area contributed by atoms with Crippen LogP contribution in [0.25, 0.3) is 5.65 Å². The number of nitrogens with two attached hydrogens (primary N) is 1. The van der Waals surface area contributed by atoms with Gasteiger partial charge in [0, 0.05) is 17.6 Å². The number of carbonyl (C=O) groups is 1. The molecule has 0 unspecified atom stereocenters. The number of hydrogen-bond donors (Lipinski definition) is 1. The van der Waals surface area contributed by atoms with Crippen molar-refractivity contribution in [3.05, 3.63) is 28.5 Å². The lowest BCUT2D eigenvalue weighted by Gasteiger charge is -1.98. The molecule has 2 heterocycles. The van der Waals surface area contributed by atoms with E-state index < -0.39 is 0 Å². The van der Waals surface area contributed by atoms with E-state index in [1.807, 2.05) is 6.07 Å². The van der Waals surface area contributed by atoms with E-state index in [1.54, 1.807) is 16.7 Å². The van der Waals surface area contributed by atoms with Gasteiger partial charge in [-0.1, -0.05) is 0 Å². The molecule has 2 N–H and O–H groups in total. The number of pyridine rings is 1. The summed E-state index contributed by atoms with van der Waals surface area (Å²) in [5, 5.41) is 0. The van der Waals surface area contributed by atoms with Gasteiger partial charge >= 0.3 is 0 Å². The Morgan fingerprint density at radius 1 is 1.57 bits per heavy atom. The smallest absolute Gasteiger partial charge is 0.180 e. The quantitative estimate of drug-likeness (QED) is 0.790. The first-order chi connectivity index (χ1) is 6.59. The minimum atomic E-state index is -0.0897. The van der Waals surface area contributed by atoms with E-state index in [0.717, 1.165) is 4.47 Å². The number of imidazole rings is 1. The maximum atomic E-state index is 11.3. The molecule has 0 saturated heterocycles. The first-order valence-electron chi connectivity index (χ1n) is 4.03. The van der Waals surface area contributed by atoms with Gasteiger partial charge in [0.25, 0.3) is 0 Å². The Labute approximate surface area is 88.9 Å². The van der Waals surface area contributed by atoms with Crippen molar-refractivity contribution in [1.29, 1.82) is 0 Å². The highest BCUT2D eigenvalue weighted by atomic mass is 79.9. The van der Waals surface area contributed by atoms with E-state index in [1.165, 1.54) is 6.92 Å². The molecule has 0 aliphatic carbocycles. The fraction of sp³-hybridized carbons (Fsp3) is 0.111. The zero-order valence-corrected chi connectivity index (χ0v) is 9.08. The van der Waals surface area contributed by atoms with Crippen molar-refractivity contribution < 1.29 is 4.79 Å². The number of carbonyl (C=O) groups excluding carboxylic acids is 1. The zero-order valence-electron chi connectivity index (χ0n) is 7.49. The second-order valence-electron chi connectivity index (χ2n) is 2.98. The Kier molecular flexibility index (Phi) is 2.03. The summed E-state index contributed by atoms with van der Waals surface area (Å²) in [4.78, 5) is 15.4. The van der Waals surface area contributed by atoms with Crippen molar-refractivity contribution in [2.75, 3.05) is 5.73 Å². The minimum absolute atomic E-state index is 0.0897. The molecule has 2 aromatic rings. The van der Waals surface area contributed by atoms with Crippen LogP contribution in [0, 0.1) is 0 Å². The van der Waals surface area contributed by atoms with Crippen LogP contribution in [0.5, 0.6) is 0 Å². The van der Waals surface area contributed by atoms with E-state index >= 15 is 0 Å². The molecule has 72 valence electrons. The van der Waals surface area contributed by atoms with Crippen LogP contribution in [0.1, 0.15) is 17.4 Å². The average molecular weight is 254 g/mol. The van der Waals surface area contributed by atoms with Crippen LogP contribution in [0.4, 0.5) is 5.82 Å². The maximum absolute atomic E-state index is 11.3. The van der Waals surface area contributed by atoms with Crippen molar-refractivity contribution in [3.8, 4) is 0 Å². The maximum Gasteiger partial charge on any atom is 0.180 e. The number of anilines is 1. The summed E-state index contributed by atoms with van der Waals surface area (Å²) < 4.78 is 2.56. The number of Topliss-reactive ketones (excluding diaryl/α,β-unsaturated/α-hetero) is 1. The molecule has 0 atom stereocenters. The van der Waals surface area contributed by atoms with E-state index in [4.69, 9.17) is 5.73 Å². The van der Waals surface area contributed by atoms with Gasteiger partial charge in [0.15, 0.2) is 11.6 Å². The number of nitrogens with zero attached hydrogens (tertiary/aromatic N) is 2. The number of halogens is 1. The molecule has 2 rings (SSSR count). The topological polar surface area (TPSA) is 60.4 Å². The first kappa shape index (κ1) is 9.21.